The van der Waals surface area contributed by atoms with E-state index in [4.69, 9.17) is 4.74 Å². The van der Waals surface area contributed by atoms with Gasteiger partial charge >= 0.3 is 17.8 Å². The van der Waals surface area contributed by atoms with Gasteiger partial charge in [-0.3, -0.25) is 28.0 Å². The first kappa shape index (κ1) is 27.9. The number of nitrogens with zero attached hydrogens (tertiary/aromatic N) is 6. The van der Waals surface area contributed by atoms with Gasteiger partial charge in [0.1, 0.15) is 5.82 Å². The van der Waals surface area contributed by atoms with E-state index in [0.29, 0.717) is 17.5 Å². The lowest BCUT2D eigenvalue weighted by Crippen LogP contribution is -2.42. The minimum atomic E-state index is -4.47. The van der Waals surface area contributed by atoms with Crippen molar-refractivity contribution >= 4 is 17.1 Å². The number of ether oxygens (including phenoxy) is 1. The Morgan fingerprint density at radius 2 is 1.82 bits per heavy atom. The normalized spacial score (nSPS) is 12.3. The van der Waals surface area contributed by atoms with Crippen molar-refractivity contribution in [3.63, 3.8) is 0 Å². The van der Waals surface area contributed by atoms with Crippen LogP contribution in [-0.4, -0.2) is 34.4 Å². The molecule has 3 heterocycles. The summed E-state index contributed by atoms with van der Waals surface area (Å²) in [5.74, 6) is -0.384. The predicted octanol–water partition coefficient (Wildman–Crippen LogP) is 3.98. The Kier molecular flexibility index (Phi) is 7.28. The van der Waals surface area contributed by atoms with Crippen LogP contribution in [0, 0.1) is 0 Å². The first-order valence-corrected chi connectivity index (χ1v) is 12.4. The number of imidazole rings is 1. The van der Waals surface area contributed by atoms with Crippen LogP contribution >= 0.6 is 0 Å². The minimum Gasteiger partial charge on any atom is -0.439 e. The molecular weight excluding hydrogens is 517 g/mol. The van der Waals surface area contributed by atoms with Crippen LogP contribution in [-0.2, 0) is 41.1 Å². The number of halogens is 3. The summed E-state index contributed by atoms with van der Waals surface area (Å²) >= 11 is 0. The van der Waals surface area contributed by atoms with Crippen LogP contribution in [0.15, 0.2) is 46.2 Å². The molecule has 0 spiro atoms. The maximum Gasteiger partial charge on any atom is 0.416 e. The molecule has 3 aromatic heterocycles. The third-order valence-corrected chi connectivity index (χ3v) is 6.21. The van der Waals surface area contributed by atoms with Crippen molar-refractivity contribution in [3.8, 4) is 11.4 Å². The van der Waals surface area contributed by atoms with Gasteiger partial charge in [0.05, 0.1) is 23.9 Å². The Bertz CT molecular complexity index is 1660. The van der Waals surface area contributed by atoms with E-state index >= 15 is 0 Å². The quantitative estimate of drug-likeness (QED) is 0.310. The number of aromatic nitrogens is 6. The van der Waals surface area contributed by atoms with Crippen molar-refractivity contribution in [3.05, 3.63) is 68.6 Å². The zero-order chi connectivity index (χ0) is 28.7. The van der Waals surface area contributed by atoms with Crippen molar-refractivity contribution in [2.24, 2.45) is 0 Å². The molecule has 0 radical (unpaired) electrons. The van der Waals surface area contributed by atoms with Crippen molar-refractivity contribution < 1.29 is 22.7 Å². The molecule has 4 rings (SSSR count). The Morgan fingerprint density at radius 1 is 1.10 bits per heavy atom. The van der Waals surface area contributed by atoms with E-state index in [1.165, 1.54) is 33.0 Å². The molecule has 4 aromatic rings. The van der Waals surface area contributed by atoms with Crippen LogP contribution in [0.4, 0.5) is 13.2 Å². The second-order valence-corrected chi connectivity index (χ2v) is 9.59. The van der Waals surface area contributed by atoms with Crippen molar-refractivity contribution in [1.29, 1.82) is 0 Å². The Labute approximate surface area is 221 Å². The van der Waals surface area contributed by atoms with Crippen LogP contribution in [0.3, 0.4) is 0 Å². The van der Waals surface area contributed by atoms with Gasteiger partial charge in [0.2, 0.25) is 0 Å². The lowest BCUT2D eigenvalue weighted by Gasteiger charge is -2.28. The molecule has 0 amide bonds. The van der Waals surface area contributed by atoms with Gasteiger partial charge < -0.3 is 4.74 Å². The molecule has 0 fully saturated rings. The molecule has 39 heavy (non-hydrogen) atoms. The van der Waals surface area contributed by atoms with Gasteiger partial charge in [-0.15, -0.1) is 0 Å². The second-order valence-electron chi connectivity index (χ2n) is 9.59. The molecule has 0 saturated heterocycles. The molecule has 0 unspecified atom stereocenters. The van der Waals surface area contributed by atoms with Crippen LogP contribution in [0.1, 0.15) is 52.2 Å². The fraction of sp³-hybridized carbons (Fsp3) is 0.423. The summed E-state index contributed by atoms with van der Waals surface area (Å²) in [5, 5.41) is 4.29. The van der Waals surface area contributed by atoms with E-state index in [0.717, 1.165) is 16.7 Å². The molecule has 0 aliphatic carbocycles. The standard InChI is InChI=1S/C26H29F3N6O4/c1-6-11-34-23(37)20-22(33(7-2)24(34)38)31-21(35(20)25(4,5)39-16(3)36)18-13-30-32(15-18)14-17-9-8-10-19(12-17)26(27,28)29/h8-10,12-13,15H,6-7,11,14H2,1-5H3. The Balaban J connectivity index is 1.92. The van der Waals surface area contributed by atoms with Gasteiger partial charge in [0.15, 0.2) is 16.9 Å². The summed E-state index contributed by atoms with van der Waals surface area (Å²) in [6.45, 7) is 8.50. The number of aryl methyl sites for hydroxylation is 1. The number of carbonyl (C=O) groups is 1. The van der Waals surface area contributed by atoms with E-state index in [-0.39, 0.29) is 36.6 Å². The average Bonchev–Trinajstić information content (AvgIpc) is 3.46. The maximum atomic E-state index is 13.6. The number of esters is 1. The fourth-order valence-corrected chi connectivity index (χ4v) is 4.66. The van der Waals surface area contributed by atoms with Crippen molar-refractivity contribution in [2.45, 2.75) is 72.6 Å². The first-order chi connectivity index (χ1) is 18.3. The van der Waals surface area contributed by atoms with Gasteiger partial charge in [-0.05, 0) is 44.9 Å². The molecule has 0 atom stereocenters. The molecule has 0 N–H and O–H groups in total. The molecule has 0 saturated carbocycles. The van der Waals surface area contributed by atoms with E-state index in [9.17, 15) is 27.6 Å². The summed E-state index contributed by atoms with van der Waals surface area (Å²) in [6.07, 6.45) is -0.909. The van der Waals surface area contributed by atoms with Gasteiger partial charge in [-0.1, -0.05) is 19.1 Å². The lowest BCUT2D eigenvalue weighted by atomic mass is 10.1. The largest absolute Gasteiger partial charge is 0.439 e. The van der Waals surface area contributed by atoms with E-state index in [2.05, 4.69) is 10.1 Å². The average molecular weight is 547 g/mol. The molecule has 1 aromatic carbocycles. The van der Waals surface area contributed by atoms with Crippen molar-refractivity contribution in [2.75, 3.05) is 0 Å². The van der Waals surface area contributed by atoms with Crippen LogP contribution < -0.4 is 11.2 Å². The summed E-state index contributed by atoms with van der Waals surface area (Å²) in [6, 6.07) is 4.94. The van der Waals surface area contributed by atoms with Crippen LogP contribution in [0.25, 0.3) is 22.6 Å². The Morgan fingerprint density at radius 3 is 2.44 bits per heavy atom. The van der Waals surface area contributed by atoms with E-state index in [1.807, 2.05) is 6.92 Å². The molecule has 0 aliphatic heterocycles. The van der Waals surface area contributed by atoms with Gasteiger partial charge in [-0.2, -0.15) is 18.3 Å². The number of rotatable bonds is 8. The molecule has 0 aliphatic rings. The fourth-order valence-electron chi connectivity index (χ4n) is 4.66. The first-order valence-electron chi connectivity index (χ1n) is 12.4. The van der Waals surface area contributed by atoms with Crippen LogP contribution in [0.5, 0.6) is 0 Å². The second kappa shape index (κ2) is 10.2. The summed E-state index contributed by atoms with van der Waals surface area (Å²) in [5.41, 5.74) is -2.23. The third kappa shape index (κ3) is 5.25. The highest BCUT2D eigenvalue weighted by Crippen LogP contribution is 2.32. The zero-order valence-electron chi connectivity index (χ0n) is 22.2. The number of alkyl halides is 3. The number of fused-ring (bicyclic) bond motifs is 1. The summed E-state index contributed by atoms with van der Waals surface area (Å²) in [4.78, 5) is 43.3. The molecule has 10 nitrogen and oxygen atoms in total. The monoisotopic (exact) mass is 546 g/mol. The molecular formula is C26H29F3N6O4. The number of benzene rings is 1. The van der Waals surface area contributed by atoms with Crippen LogP contribution in [0.2, 0.25) is 0 Å². The highest BCUT2D eigenvalue weighted by atomic mass is 19.4. The van der Waals surface area contributed by atoms with Gasteiger partial charge in [0, 0.05) is 26.2 Å². The number of hydrogen-bond donors (Lipinski definition) is 0. The topological polar surface area (TPSA) is 106 Å². The number of carbonyl (C=O) groups excluding carboxylic acids is 1. The SMILES string of the molecule is CCCn1c(=O)c2c(nc(-c3cnn(Cc4cccc(C(F)(F)F)c4)c3)n2C(C)(C)OC(C)=O)n(CC)c1=O. The maximum absolute atomic E-state index is 13.6. The van der Waals surface area contributed by atoms with Gasteiger partial charge in [-0.25, -0.2) is 9.78 Å². The molecule has 208 valence electrons. The van der Waals surface area contributed by atoms with E-state index < -0.39 is 34.7 Å². The molecule has 13 heteroatoms. The predicted molar refractivity (Wildman–Crippen MR) is 137 cm³/mol. The highest BCUT2D eigenvalue weighted by molar-refractivity contribution is 5.77. The summed E-state index contributed by atoms with van der Waals surface area (Å²) in [7, 11) is 0. The van der Waals surface area contributed by atoms with Crippen molar-refractivity contribution in [1.82, 2.24) is 28.5 Å². The minimum absolute atomic E-state index is 0.0421. The number of hydrogen-bond acceptors (Lipinski definition) is 6. The third-order valence-electron chi connectivity index (χ3n) is 6.21. The van der Waals surface area contributed by atoms with Gasteiger partial charge in [0.25, 0.3) is 5.56 Å². The Hall–Kier alpha value is -4.16. The highest BCUT2D eigenvalue weighted by Gasteiger charge is 2.34. The lowest BCUT2D eigenvalue weighted by molar-refractivity contribution is -0.162. The molecule has 0 bridgehead atoms. The van der Waals surface area contributed by atoms with E-state index in [1.54, 1.807) is 33.0 Å². The summed E-state index contributed by atoms with van der Waals surface area (Å²) < 4.78 is 50.5. The smallest absolute Gasteiger partial charge is 0.416 e. The zero-order valence-corrected chi connectivity index (χ0v) is 22.2.